The number of rotatable bonds is 8. The Morgan fingerprint density at radius 1 is 0.433 bits per heavy atom. The maximum absolute atomic E-state index is 5.13. The quantitative estimate of drug-likeness (QED) is 0.152. The molecule has 3 aliphatic carbocycles. The van der Waals surface area contributed by atoms with E-state index in [0.717, 1.165) is 57.5 Å². The van der Waals surface area contributed by atoms with Crippen LogP contribution in [0.2, 0.25) is 0 Å². The third-order valence-electron chi connectivity index (χ3n) is 14.4. The molecule has 3 aliphatic rings. The van der Waals surface area contributed by atoms with Crippen LogP contribution in [0.1, 0.15) is 68.0 Å². The molecule has 0 radical (unpaired) electrons. The van der Waals surface area contributed by atoms with E-state index in [9.17, 15) is 0 Å². The average Bonchev–Trinajstić information content (AvgIpc) is 3.73. The van der Waals surface area contributed by atoms with E-state index in [1.54, 1.807) is 0 Å². The standard InChI is InChI=1S/C61H50N6/c1-39-26-28-47-50(30-39)57-52-34-54-49(32-55(52)61(4,5)56(57)33-51(47)59-64-37-46(38-65-59)67(43-22-14-8-15-23-43)44-24-16-9-17-25-44)48-29-27-40(31-53(48)60(54,2)3)58-62-35-45(36-63-58)66(41-18-10-6-11-19-41)42-20-12-7-13-21-42/h6-29,31-39H,30H2,1-5H3. The number of hydrogen-bond donors (Lipinski definition) is 0. The summed E-state index contributed by atoms with van der Waals surface area (Å²) in [6.45, 7) is 11.9. The highest BCUT2D eigenvalue weighted by atomic mass is 15.2. The Morgan fingerprint density at radius 3 is 1.39 bits per heavy atom. The molecular weight excluding hydrogens is 817 g/mol. The van der Waals surface area contributed by atoms with Crippen LogP contribution in [-0.4, -0.2) is 19.9 Å². The van der Waals surface area contributed by atoms with Crippen molar-refractivity contribution in [3.05, 3.63) is 222 Å². The van der Waals surface area contributed by atoms with Gasteiger partial charge in [0.15, 0.2) is 11.6 Å². The molecule has 6 heteroatoms. The second-order valence-corrected chi connectivity index (χ2v) is 19.3. The predicted octanol–water partition coefficient (Wildman–Crippen LogP) is 15.4. The molecule has 0 aliphatic heterocycles. The highest BCUT2D eigenvalue weighted by molar-refractivity contribution is 5.95. The summed E-state index contributed by atoms with van der Waals surface area (Å²) in [5, 5.41) is 0. The van der Waals surface area contributed by atoms with Gasteiger partial charge in [-0.2, -0.15) is 0 Å². The van der Waals surface area contributed by atoms with Crippen molar-refractivity contribution in [2.75, 3.05) is 9.80 Å². The number of anilines is 6. The molecule has 67 heavy (non-hydrogen) atoms. The lowest BCUT2D eigenvalue weighted by Gasteiger charge is -2.27. The maximum Gasteiger partial charge on any atom is 0.159 e. The summed E-state index contributed by atoms with van der Waals surface area (Å²) in [5.41, 5.74) is 21.0. The number of allylic oxidation sites excluding steroid dienone is 1. The van der Waals surface area contributed by atoms with E-state index in [0.29, 0.717) is 11.7 Å². The summed E-state index contributed by atoms with van der Waals surface area (Å²) in [7, 11) is 0. The van der Waals surface area contributed by atoms with Crippen molar-refractivity contribution >= 4 is 40.2 Å². The second kappa shape index (κ2) is 15.6. The fourth-order valence-corrected chi connectivity index (χ4v) is 10.9. The number of aromatic nitrogens is 4. The van der Waals surface area contributed by atoms with Gasteiger partial charge in [0.05, 0.1) is 36.2 Å². The van der Waals surface area contributed by atoms with Gasteiger partial charge in [-0.05, 0) is 141 Å². The Kier molecular flexibility index (Phi) is 9.44. The number of hydrogen-bond acceptors (Lipinski definition) is 6. The number of fused-ring (bicyclic) bond motifs is 8. The summed E-state index contributed by atoms with van der Waals surface area (Å²) in [6, 6.07) is 55.9. The number of para-hydroxylation sites is 4. The third kappa shape index (κ3) is 6.61. The van der Waals surface area contributed by atoms with Crippen LogP contribution < -0.4 is 9.80 Å². The van der Waals surface area contributed by atoms with E-state index in [1.165, 1.54) is 55.6 Å². The van der Waals surface area contributed by atoms with Crippen LogP contribution in [0.3, 0.4) is 0 Å². The van der Waals surface area contributed by atoms with Crippen LogP contribution >= 0.6 is 0 Å². The zero-order valence-electron chi connectivity index (χ0n) is 38.4. The molecule has 6 nitrogen and oxygen atoms in total. The summed E-state index contributed by atoms with van der Waals surface area (Å²) in [4.78, 5) is 24.6. The summed E-state index contributed by atoms with van der Waals surface area (Å²) in [5.74, 6) is 1.87. The highest BCUT2D eigenvalue weighted by Crippen LogP contribution is 2.58. The van der Waals surface area contributed by atoms with Gasteiger partial charge in [0.25, 0.3) is 0 Å². The molecule has 1 unspecified atom stereocenters. The highest BCUT2D eigenvalue weighted by Gasteiger charge is 2.44. The molecule has 0 amide bonds. The van der Waals surface area contributed by atoms with Crippen LogP contribution in [0, 0.1) is 5.92 Å². The molecule has 0 N–H and O–H groups in total. The predicted molar refractivity (Wildman–Crippen MR) is 275 cm³/mol. The first-order chi connectivity index (χ1) is 32.6. The molecular formula is C61H50N6. The van der Waals surface area contributed by atoms with Gasteiger partial charge < -0.3 is 9.80 Å². The summed E-state index contributed by atoms with van der Waals surface area (Å²) in [6.07, 6.45) is 13.5. The lowest BCUT2D eigenvalue weighted by Crippen LogP contribution is -2.17. The third-order valence-corrected chi connectivity index (χ3v) is 14.4. The van der Waals surface area contributed by atoms with E-state index in [1.807, 2.05) is 49.1 Å². The van der Waals surface area contributed by atoms with Crippen LogP contribution in [0.25, 0.3) is 51.1 Å². The fourth-order valence-electron chi connectivity index (χ4n) is 10.9. The molecule has 2 aromatic heterocycles. The first-order valence-corrected chi connectivity index (χ1v) is 23.3. The maximum atomic E-state index is 5.13. The minimum Gasteiger partial charge on any atom is -0.308 e. The van der Waals surface area contributed by atoms with Gasteiger partial charge in [-0.15, -0.1) is 0 Å². The summed E-state index contributed by atoms with van der Waals surface area (Å²) >= 11 is 0. The van der Waals surface area contributed by atoms with Crippen molar-refractivity contribution in [3.8, 4) is 45.0 Å². The van der Waals surface area contributed by atoms with Crippen molar-refractivity contribution in [1.29, 1.82) is 0 Å². The van der Waals surface area contributed by atoms with E-state index in [4.69, 9.17) is 19.9 Å². The molecule has 2 heterocycles. The van der Waals surface area contributed by atoms with Crippen molar-refractivity contribution in [2.24, 2.45) is 5.92 Å². The normalized spacial score (nSPS) is 15.5. The van der Waals surface area contributed by atoms with Gasteiger partial charge in [0.1, 0.15) is 0 Å². The topological polar surface area (TPSA) is 58.0 Å². The molecule has 0 saturated heterocycles. The van der Waals surface area contributed by atoms with Gasteiger partial charge in [0.2, 0.25) is 0 Å². The Balaban J connectivity index is 0.908. The molecule has 9 aromatic rings. The zero-order valence-corrected chi connectivity index (χ0v) is 38.4. The van der Waals surface area contributed by atoms with Crippen LogP contribution in [0.5, 0.6) is 0 Å². The van der Waals surface area contributed by atoms with E-state index in [2.05, 4.69) is 190 Å². The number of benzene rings is 7. The second-order valence-electron chi connectivity index (χ2n) is 19.3. The van der Waals surface area contributed by atoms with E-state index in [-0.39, 0.29) is 10.8 Å². The van der Waals surface area contributed by atoms with Crippen molar-refractivity contribution < 1.29 is 0 Å². The molecule has 7 aromatic carbocycles. The number of nitrogens with zero attached hydrogens (tertiary/aromatic N) is 6. The molecule has 0 fully saturated rings. The van der Waals surface area contributed by atoms with E-state index < -0.39 is 0 Å². The lowest BCUT2D eigenvalue weighted by atomic mass is 9.78. The van der Waals surface area contributed by atoms with Crippen molar-refractivity contribution in [2.45, 2.75) is 51.9 Å². The molecule has 1 atom stereocenters. The van der Waals surface area contributed by atoms with Crippen LogP contribution in [0.15, 0.2) is 189 Å². The van der Waals surface area contributed by atoms with Gasteiger partial charge in [0, 0.05) is 44.7 Å². The lowest BCUT2D eigenvalue weighted by molar-refractivity contribution is 0.651. The molecule has 0 bridgehead atoms. The van der Waals surface area contributed by atoms with Crippen molar-refractivity contribution in [1.82, 2.24) is 19.9 Å². The smallest absolute Gasteiger partial charge is 0.159 e. The van der Waals surface area contributed by atoms with Gasteiger partial charge >= 0.3 is 0 Å². The van der Waals surface area contributed by atoms with Gasteiger partial charge in [-0.3, -0.25) is 0 Å². The average molecular weight is 867 g/mol. The molecule has 0 saturated carbocycles. The Bertz CT molecular complexity index is 3280. The minimum atomic E-state index is -0.249. The van der Waals surface area contributed by atoms with E-state index >= 15 is 0 Å². The molecule has 324 valence electrons. The zero-order chi connectivity index (χ0) is 45.4. The minimum absolute atomic E-state index is 0.240. The SMILES string of the molecule is CC1C=Cc2c(-c3ncc(N(c4ccccc4)c4ccccc4)cn3)cc3c(c2C1)-c1cc2c(cc1C3(C)C)-c1ccc(-c3ncc(N(c4ccccc4)c4ccccc4)cn3)cc1C2(C)C. The Labute approximate surface area is 393 Å². The van der Waals surface area contributed by atoms with Crippen molar-refractivity contribution in [3.63, 3.8) is 0 Å². The monoisotopic (exact) mass is 866 g/mol. The van der Waals surface area contributed by atoms with Crippen LogP contribution in [-0.2, 0) is 17.3 Å². The summed E-state index contributed by atoms with van der Waals surface area (Å²) < 4.78 is 0. The Morgan fingerprint density at radius 2 is 0.866 bits per heavy atom. The largest absolute Gasteiger partial charge is 0.308 e. The van der Waals surface area contributed by atoms with Gasteiger partial charge in [-0.25, -0.2) is 19.9 Å². The van der Waals surface area contributed by atoms with Crippen LogP contribution in [0.4, 0.5) is 34.1 Å². The van der Waals surface area contributed by atoms with Gasteiger partial charge in [-0.1, -0.05) is 132 Å². The molecule has 12 rings (SSSR count). The molecule has 0 spiro atoms. The first kappa shape index (κ1) is 40.5. The first-order valence-electron chi connectivity index (χ1n) is 23.3. The fraction of sp³-hybridized carbons (Fsp3) is 0.148. The Hall–Kier alpha value is -7.96.